The van der Waals surface area contributed by atoms with E-state index in [4.69, 9.17) is 12.2 Å². The molecule has 3 nitrogen and oxygen atoms in total. The molecule has 16 heavy (non-hydrogen) atoms. The number of nitrogens with one attached hydrogen (secondary N) is 1. The molecular weight excluding hydrogens is 218 g/mol. The van der Waals surface area contributed by atoms with Crippen LogP contribution in [0.4, 0.5) is 0 Å². The third-order valence-corrected chi connectivity index (χ3v) is 3.87. The van der Waals surface area contributed by atoms with E-state index in [2.05, 4.69) is 22.0 Å². The molecule has 2 aliphatic rings. The molecule has 0 amide bonds. The van der Waals surface area contributed by atoms with Crippen molar-refractivity contribution in [2.24, 2.45) is 0 Å². The molecule has 0 bridgehead atoms. The molecule has 0 radical (unpaired) electrons. The summed E-state index contributed by atoms with van der Waals surface area (Å²) in [6.45, 7) is 7.83. The van der Waals surface area contributed by atoms with Gasteiger partial charge in [0.25, 0.3) is 0 Å². The summed E-state index contributed by atoms with van der Waals surface area (Å²) in [5.74, 6) is 0. The zero-order chi connectivity index (χ0) is 11.4. The maximum Gasteiger partial charge on any atom is 0.169 e. The molecule has 1 aliphatic heterocycles. The fourth-order valence-corrected chi connectivity index (χ4v) is 2.50. The first kappa shape index (κ1) is 12.1. The summed E-state index contributed by atoms with van der Waals surface area (Å²) < 4.78 is 0. The summed E-state index contributed by atoms with van der Waals surface area (Å²) in [6, 6.07) is 0.906. The molecule has 0 aromatic heterocycles. The highest BCUT2D eigenvalue weighted by Crippen LogP contribution is 2.27. The first-order chi connectivity index (χ1) is 7.81. The molecule has 1 N–H and O–H groups in total. The van der Waals surface area contributed by atoms with E-state index in [1.807, 2.05) is 0 Å². The average Bonchev–Trinajstić information content (AvgIpc) is 3.13. The lowest BCUT2D eigenvalue weighted by Gasteiger charge is -2.36. The highest BCUT2D eigenvalue weighted by atomic mass is 32.1. The molecule has 0 aromatic rings. The molecule has 0 atom stereocenters. The molecule has 1 aliphatic carbocycles. The van der Waals surface area contributed by atoms with E-state index < -0.39 is 0 Å². The van der Waals surface area contributed by atoms with Crippen molar-refractivity contribution in [2.45, 2.75) is 38.6 Å². The molecule has 2 fully saturated rings. The van der Waals surface area contributed by atoms with Crippen molar-refractivity contribution in [1.29, 1.82) is 0 Å². The average molecular weight is 241 g/mol. The fourth-order valence-electron chi connectivity index (χ4n) is 2.21. The summed E-state index contributed by atoms with van der Waals surface area (Å²) in [4.78, 5) is 4.94. The second-order valence-electron chi connectivity index (χ2n) is 4.84. The number of hydrogen-bond acceptors (Lipinski definition) is 2. The molecule has 2 rings (SSSR count). The predicted octanol–water partition coefficient (Wildman–Crippen LogP) is 1.44. The van der Waals surface area contributed by atoms with E-state index in [1.54, 1.807) is 0 Å². The van der Waals surface area contributed by atoms with Gasteiger partial charge >= 0.3 is 0 Å². The standard InChI is InChI=1S/C12H23N3S/c1-2-3-6-13-12(16)15-9-7-14(8-10-15)11-4-5-11/h11H,2-10H2,1H3,(H,13,16). The van der Waals surface area contributed by atoms with Gasteiger partial charge in [-0.3, -0.25) is 4.90 Å². The van der Waals surface area contributed by atoms with E-state index in [0.29, 0.717) is 0 Å². The minimum atomic E-state index is 0.906. The third kappa shape index (κ3) is 3.32. The molecule has 1 saturated carbocycles. The minimum absolute atomic E-state index is 0.906. The molecule has 1 heterocycles. The third-order valence-electron chi connectivity index (χ3n) is 3.47. The molecule has 4 heteroatoms. The monoisotopic (exact) mass is 241 g/mol. The van der Waals surface area contributed by atoms with Gasteiger partial charge in [0.1, 0.15) is 0 Å². The zero-order valence-corrected chi connectivity index (χ0v) is 11.1. The van der Waals surface area contributed by atoms with Crippen LogP contribution in [0.1, 0.15) is 32.6 Å². The van der Waals surface area contributed by atoms with Crippen molar-refractivity contribution in [2.75, 3.05) is 32.7 Å². The quantitative estimate of drug-likeness (QED) is 0.593. The van der Waals surface area contributed by atoms with E-state index in [9.17, 15) is 0 Å². The van der Waals surface area contributed by atoms with Gasteiger partial charge in [-0.1, -0.05) is 13.3 Å². The van der Waals surface area contributed by atoms with Gasteiger partial charge in [-0.2, -0.15) is 0 Å². The topological polar surface area (TPSA) is 18.5 Å². The number of rotatable bonds is 4. The second-order valence-corrected chi connectivity index (χ2v) is 5.23. The van der Waals surface area contributed by atoms with Crippen LogP contribution in [0.15, 0.2) is 0 Å². The molecule has 1 saturated heterocycles. The first-order valence-corrected chi connectivity index (χ1v) is 6.99. The van der Waals surface area contributed by atoms with Crippen LogP contribution in [0.3, 0.4) is 0 Å². The van der Waals surface area contributed by atoms with E-state index in [0.717, 1.165) is 30.8 Å². The van der Waals surface area contributed by atoms with Gasteiger partial charge in [0, 0.05) is 38.8 Å². The van der Waals surface area contributed by atoms with Crippen molar-refractivity contribution in [3.63, 3.8) is 0 Å². The van der Waals surface area contributed by atoms with Crippen LogP contribution in [0, 0.1) is 0 Å². The maximum absolute atomic E-state index is 5.40. The number of nitrogens with zero attached hydrogens (tertiary/aromatic N) is 2. The summed E-state index contributed by atoms with van der Waals surface area (Å²) in [7, 11) is 0. The number of unbranched alkanes of at least 4 members (excludes halogenated alkanes) is 1. The Kier molecular flexibility index (Phi) is 4.41. The van der Waals surface area contributed by atoms with Crippen molar-refractivity contribution in [3.8, 4) is 0 Å². The Morgan fingerprint density at radius 1 is 1.25 bits per heavy atom. The highest BCUT2D eigenvalue weighted by molar-refractivity contribution is 7.80. The van der Waals surface area contributed by atoms with E-state index in [1.165, 1.54) is 38.8 Å². The Bertz CT molecular complexity index is 232. The van der Waals surface area contributed by atoms with Crippen molar-refractivity contribution in [3.05, 3.63) is 0 Å². The van der Waals surface area contributed by atoms with Gasteiger partial charge in [-0.15, -0.1) is 0 Å². The largest absolute Gasteiger partial charge is 0.363 e. The van der Waals surface area contributed by atoms with Crippen LogP contribution in [0.2, 0.25) is 0 Å². The van der Waals surface area contributed by atoms with Gasteiger partial charge in [0.2, 0.25) is 0 Å². The van der Waals surface area contributed by atoms with Crippen LogP contribution in [-0.4, -0.2) is 53.7 Å². The second kappa shape index (κ2) is 5.82. The number of thiocarbonyl (C=S) groups is 1. The Morgan fingerprint density at radius 2 is 1.94 bits per heavy atom. The lowest BCUT2D eigenvalue weighted by Crippen LogP contribution is -2.52. The number of hydrogen-bond donors (Lipinski definition) is 1. The predicted molar refractivity (Wildman–Crippen MR) is 71.7 cm³/mol. The van der Waals surface area contributed by atoms with E-state index >= 15 is 0 Å². The summed E-state index contributed by atoms with van der Waals surface area (Å²) in [6.07, 6.45) is 5.27. The smallest absolute Gasteiger partial charge is 0.169 e. The Hall–Kier alpha value is -0.350. The summed E-state index contributed by atoms with van der Waals surface area (Å²) >= 11 is 5.40. The van der Waals surface area contributed by atoms with Gasteiger partial charge in [0.05, 0.1) is 0 Å². The van der Waals surface area contributed by atoms with Crippen LogP contribution in [0.25, 0.3) is 0 Å². The van der Waals surface area contributed by atoms with Crippen molar-refractivity contribution in [1.82, 2.24) is 15.1 Å². The highest BCUT2D eigenvalue weighted by Gasteiger charge is 2.31. The summed E-state index contributed by atoms with van der Waals surface area (Å²) in [5.41, 5.74) is 0. The molecule has 0 unspecified atom stereocenters. The van der Waals surface area contributed by atoms with Crippen LogP contribution in [0.5, 0.6) is 0 Å². The van der Waals surface area contributed by atoms with Gasteiger partial charge in [-0.25, -0.2) is 0 Å². The molecular formula is C12H23N3S. The van der Waals surface area contributed by atoms with Gasteiger partial charge in [-0.05, 0) is 31.5 Å². The number of piperazine rings is 1. The van der Waals surface area contributed by atoms with Gasteiger partial charge in [0.15, 0.2) is 5.11 Å². The van der Waals surface area contributed by atoms with E-state index in [-0.39, 0.29) is 0 Å². The molecule has 0 spiro atoms. The zero-order valence-electron chi connectivity index (χ0n) is 10.2. The Morgan fingerprint density at radius 3 is 2.50 bits per heavy atom. The van der Waals surface area contributed by atoms with Crippen molar-refractivity contribution < 1.29 is 0 Å². The normalized spacial score (nSPS) is 22.2. The SMILES string of the molecule is CCCCNC(=S)N1CCN(C2CC2)CC1. The molecule has 0 aromatic carbocycles. The maximum atomic E-state index is 5.40. The lowest BCUT2D eigenvalue weighted by molar-refractivity contribution is 0.173. The van der Waals surface area contributed by atoms with Crippen LogP contribution >= 0.6 is 12.2 Å². The first-order valence-electron chi connectivity index (χ1n) is 6.58. The Labute approximate surface area is 104 Å². The fraction of sp³-hybridized carbons (Fsp3) is 0.917. The molecule has 92 valence electrons. The van der Waals surface area contributed by atoms with Crippen molar-refractivity contribution >= 4 is 17.3 Å². The minimum Gasteiger partial charge on any atom is -0.363 e. The van der Waals surface area contributed by atoms with Crippen LogP contribution in [-0.2, 0) is 0 Å². The van der Waals surface area contributed by atoms with Crippen LogP contribution < -0.4 is 5.32 Å². The van der Waals surface area contributed by atoms with Gasteiger partial charge < -0.3 is 10.2 Å². The Balaban J connectivity index is 1.64. The summed E-state index contributed by atoms with van der Waals surface area (Å²) in [5, 5.41) is 4.31. The lowest BCUT2D eigenvalue weighted by atomic mass is 10.3.